The Labute approximate surface area is 122 Å². The number of carboxylic acids is 1. The highest BCUT2D eigenvalue weighted by atomic mass is 16.4. The van der Waals surface area contributed by atoms with Crippen LogP contribution >= 0.6 is 0 Å². The highest BCUT2D eigenvalue weighted by Gasteiger charge is 2.18. The first-order valence-electron chi connectivity index (χ1n) is 6.61. The van der Waals surface area contributed by atoms with Crippen LogP contribution in [0.2, 0.25) is 0 Å². The van der Waals surface area contributed by atoms with Crippen LogP contribution in [0.25, 0.3) is 0 Å². The summed E-state index contributed by atoms with van der Waals surface area (Å²) < 4.78 is 0. The first kappa shape index (κ1) is 14.7. The minimum atomic E-state index is -0.956. The fraction of sp³-hybridized carbons (Fsp3) is 0.188. The van der Waals surface area contributed by atoms with Gasteiger partial charge in [0, 0.05) is 11.9 Å². The molecule has 5 heteroatoms. The van der Waals surface area contributed by atoms with Crippen molar-refractivity contribution in [3.05, 3.63) is 66.0 Å². The molecule has 5 nitrogen and oxygen atoms in total. The number of aliphatic carboxylic acids is 1. The lowest BCUT2D eigenvalue weighted by Crippen LogP contribution is -2.31. The van der Waals surface area contributed by atoms with Crippen LogP contribution < -0.4 is 5.32 Å². The van der Waals surface area contributed by atoms with E-state index >= 15 is 0 Å². The monoisotopic (exact) mass is 284 g/mol. The van der Waals surface area contributed by atoms with Gasteiger partial charge in [0.2, 0.25) is 5.91 Å². The van der Waals surface area contributed by atoms with Crippen LogP contribution in [-0.2, 0) is 16.0 Å². The van der Waals surface area contributed by atoms with Crippen molar-refractivity contribution in [1.82, 2.24) is 10.3 Å². The van der Waals surface area contributed by atoms with Crippen LogP contribution in [0.15, 0.2) is 54.7 Å². The van der Waals surface area contributed by atoms with Gasteiger partial charge in [-0.1, -0.05) is 36.4 Å². The van der Waals surface area contributed by atoms with Gasteiger partial charge in [0.15, 0.2) is 0 Å². The number of nitrogens with zero attached hydrogens (tertiary/aromatic N) is 1. The van der Waals surface area contributed by atoms with Crippen LogP contribution in [0.1, 0.15) is 23.7 Å². The van der Waals surface area contributed by atoms with Crippen molar-refractivity contribution in [1.29, 1.82) is 0 Å². The molecule has 1 aromatic carbocycles. The van der Waals surface area contributed by atoms with Gasteiger partial charge in [-0.15, -0.1) is 0 Å². The summed E-state index contributed by atoms with van der Waals surface area (Å²) in [7, 11) is 0. The molecular formula is C16H16N2O3. The number of aromatic nitrogens is 1. The minimum absolute atomic E-state index is 0.129. The molecule has 0 aliphatic carbocycles. The molecule has 0 fully saturated rings. The van der Waals surface area contributed by atoms with Gasteiger partial charge in [-0.3, -0.25) is 14.6 Å². The second-order valence-electron chi connectivity index (χ2n) is 4.63. The lowest BCUT2D eigenvalue weighted by molar-refractivity contribution is -0.137. The number of hydrogen-bond donors (Lipinski definition) is 2. The van der Waals surface area contributed by atoms with Crippen LogP contribution in [0.4, 0.5) is 0 Å². The second-order valence-corrected chi connectivity index (χ2v) is 4.63. The Kier molecular flexibility index (Phi) is 5.04. The van der Waals surface area contributed by atoms with Gasteiger partial charge in [-0.2, -0.15) is 0 Å². The van der Waals surface area contributed by atoms with Crippen molar-refractivity contribution in [2.45, 2.75) is 18.9 Å². The summed E-state index contributed by atoms with van der Waals surface area (Å²) in [5.74, 6) is -1.20. The van der Waals surface area contributed by atoms with E-state index in [9.17, 15) is 9.59 Å². The van der Waals surface area contributed by atoms with Gasteiger partial charge in [-0.25, -0.2) is 0 Å². The van der Waals surface area contributed by atoms with E-state index in [1.165, 1.54) is 0 Å². The Morgan fingerprint density at radius 2 is 1.81 bits per heavy atom. The van der Waals surface area contributed by atoms with E-state index in [0.29, 0.717) is 5.69 Å². The summed E-state index contributed by atoms with van der Waals surface area (Å²) in [4.78, 5) is 27.1. The topological polar surface area (TPSA) is 79.3 Å². The van der Waals surface area contributed by atoms with Gasteiger partial charge in [-0.05, 0) is 17.7 Å². The summed E-state index contributed by atoms with van der Waals surface area (Å²) in [6.07, 6.45) is 1.59. The lowest BCUT2D eigenvalue weighted by Gasteiger charge is -2.17. The van der Waals surface area contributed by atoms with Crippen molar-refractivity contribution < 1.29 is 14.7 Å². The Bertz CT molecular complexity index is 599. The second kappa shape index (κ2) is 7.19. The molecule has 0 aliphatic heterocycles. The predicted octanol–water partition coefficient (Wildman–Crippen LogP) is 1.96. The zero-order valence-corrected chi connectivity index (χ0v) is 11.4. The average Bonchev–Trinajstić information content (AvgIpc) is 2.48. The maximum Gasteiger partial charge on any atom is 0.305 e. The Morgan fingerprint density at radius 1 is 1.10 bits per heavy atom. The maximum absolute atomic E-state index is 12.0. The van der Waals surface area contributed by atoms with Gasteiger partial charge >= 0.3 is 5.97 Å². The molecule has 0 saturated carbocycles. The summed E-state index contributed by atoms with van der Waals surface area (Å²) >= 11 is 0. The molecule has 0 spiro atoms. The number of amides is 1. The molecule has 1 aromatic heterocycles. The Hall–Kier alpha value is -2.69. The van der Waals surface area contributed by atoms with E-state index in [1.807, 2.05) is 24.3 Å². The summed E-state index contributed by atoms with van der Waals surface area (Å²) in [6, 6.07) is 13.9. The first-order valence-corrected chi connectivity index (χ1v) is 6.61. The van der Waals surface area contributed by atoms with Crippen molar-refractivity contribution in [2.24, 2.45) is 0 Å². The van der Waals surface area contributed by atoms with Crippen molar-refractivity contribution >= 4 is 11.9 Å². The van der Waals surface area contributed by atoms with Gasteiger partial charge in [0.25, 0.3) is 0 Å². The molecule has 1 unspecified atom stereocenters. The third-order valence-electron chi connectivity index (χ3n) is 2.98. The standard InChI is InChI=1S/C16H16N2O3/c19-15(10-13-8-4-5-9-17-13)18-14(11-16(20)21)12-6-2-1-3-7-12/h1-9,14H,10-11H2,(H,18,19)(H,20,21). The lowest BCUT2D eigenvalue weighted by atomic mass is 10.0. The fourth-order valence-electron chi connectivity index (χ4n) is 2.02. The van der Waals surface area contributed by atoms with Crippen LogP contribution in [0, 0.1) is 0 Å². The summed E-state index contributed by atoms with van der Waals surface area (Å²) in [5.41, 5.74) is 1.42. The molecule has 2 aromatic rings. The maximum atomic E-state index is 12.0. The van der Waals surface area contributed by atoms with Crippen LogP contribution in [0.3, 0.4) is 0 Å². The van der Waals surface area contributed by atoms with Crippen molar-refractivity contribution in [3.8, 4) is 0 Å². The zero-order valence-electron chi connectivity index (χ0n) is 11.4. The third kappa shape index (κ3) is 4.72. The molecule has 108 valence electrons. The van der Waals surface area contributed by atoms with Gasteiger partial charge in [0.05, 0.1) is 18.9 Å². The molecule has 0 aliphatic rings. The van der Waals surface area contributed by atoms with E-state index in [2.05, 4.69) is 10.3 Å². The number of carbonyl (C=O) groups is 2. The van der Waals surface area contributed by atoms with E-state index in [-0.39, 0.29) is 18.7 Å². The van der Waals surface area contributed by atoms with E-state index in [1.54, 1.807) is 30.5 Å². The number of rotatable bonds is 6. The molecule has 1 amide bonds. The molecule has 0 saturated heterocycles. The average molecular weight is 284 g/mol. The summed E-state index contributed by atoms with van der Waals surface area (Å²) in [6.45, 7) is 0. The van der Waals surface area contributed by atoms with Crippen molar-refractivity contribution in [3.63, 3.8) is 0 Å². The fourth-order valence-corrected chi connectivity index (χ4v) is 2.02. The number of nitrogens with one attached hydrogen (secondary N) is 1. The molecule has 0 radical (unpaired) electrons. The highest BCUT2D eigenvalue weighted by Crippen LogP contribution is 2.16. The Balaban J connectivity index is 2.05. The highest BCUT2D eigenvalue weighted by molar-refractivity contribution is 5.79. The first-order chi connectivity index (χ1) is 10.1. The van der Waals surface area contributed by atoms with E-state index < -0.39 is 12.0 Å². The molecule has 1 atom stereocenters. The van der Waals surface area contributed by atoms with Crippen LogP contribution in [0.5, 0.6) is 0 Å². The normalized spacial score (nSPS) is 11.6. The molecule has 0 bridgehead atoms. The molecule has 21 heavy (non-hydrogen) atoms. The number of benzene rings is 1. The molecular weight excluding hydrogens is 268 g/mol. The number of carbonyl (C=O) groups excluding carboxylic acids is 1. The van der Waals surface area contributed by atoms with Gasteiger partial charge in [0.1, 0.15) is 0 Å². The SMILES string of the molecule is O=C(O)CC(NC(=O)Cc1ccccn1)c1ccccc1. The van der Waals surface area contributed by atoms with E-state index in [0.717, 1.165) is 5.56 Å². The largest absolute Gasteiger partial charge is 0.481 e. The number of carboxylic acid groups (broad SMARTS) is 1. The predicted molar refractivity (Wildman–Crippen MR) is 77.5 cm³/mol. The summed E-state index contributed by atoms with van der Waals surface area (Å²) in [5, 5.41) is 11.7. The number of hydrogen-bond acceptors (Lipinski definition) is 3. The van der Waals surface area contributed by atoms with Crippen molar-refractivity contribution in [2.75, 3.05) is 0 Å². The van der Waals surface area contributed by atoms with E-state index in [4.69, 9.17) is 5.11 Å². The smallest absolute Gasteiger partial charge is 0.305 e. The number of pyridine rings is 1. The molecule has 2 rings (SSSR count). The van der Waals surface area contributed by atoms with Gasteiger partial charge < -0.3 is 10.4 Å². The molecule has 1 heterocycles. The zero-order chi connectivity index (χ0) is 15.1. The quantitative estimate of drug-likeness (QED) is 0.849. The van der Waals surface area contributed by atoms with Crippen LogP contribution in [-0.4, -0.2) is 22.0 Å². The third-order valence-corrected chi connectivity index (χ3v) is 2.98. The minimum Gasteiger partial charge on any atom is -0.481 e. The molecule has 2 N–H and O–H groups in total. The Morgan fingerprint density at radius 3 is 2.43 bits per heavy atom.